The van der Waals surface area contributed by atoms with Gasteiger partial charge in [0, 0.05) is 44.1 Å². The number of ether oxygens (including phenoxy) is 1. The van der Waals surface area contributed by atoms with Gasteiger partial charge in [-0.3, -0.25) is 4.90 Å². The molecule has 5 aliphatic rings. The largest absolute Gasteiger partial charge is 0.365 e. The highest BCUT2D eigenvalue weighted by molar-refractivity contribution is 5.52. The second-order valence-electron chi connectivity index (χ2n) is 11.7. The molecule has 1 aliphatic carbocycles. The summed E-state index contributed by atoms with van der Waals surface area (Å²) in [6.45, 7) is 9.20. The lowest BCUT2D eigenvalue weighted by molar-refractivity contribution is -0.0729. The lowest BCUT2D eigenvalue weighted by Gasteiger charge is -2.39. The van der Waals surface area contributed by atoms with Crippen LogP contribution < -0.4 is 4.90 Å². The molecule has 5 nitrogen and oxygen atoms in total. The molecule has 5 heterocycles. The molecule has 6 heteroatoms. The van der Waals surface area contributed by atoms with E-state index >= 15 is 0 Å². The van der Waals surface area contributed by atoms with E-state index in [9.17, 15) is 4.39 Å². The smallest absolute Gasteiger partial charge is 0.138 e. The van der Waals surface area contributed by atoms with Crippen LogP contribution in [0.25, 0.3) is 0 Å². The summed E-state index contributed by atoms with van der Waals surface area (Å²) in [5.74, 6) is 2.85. The van der Waals surface area contributed by atoms with Crippen LogP contribution in [0.5, 0.6) is 0 Å². The fourth-order valence-corrected chi connectivity index (χ4v) is 7.21. The summed E-state index contributed by atoms with van der Waals surface area (Å²) in [5.41, 5.74) is 5.08. The van der Waals surface area contributed by atoms with E-state index in [0.717, 1.165) is 69.3 Å². The number of piperidine rings is 1. The molecule has 0 saturated carbocycles. The van der Waals surface area contributed by atoms with Crippen molar-refractivity contribution < 1.29 is 9.13 Å². The number of rotatable bonds is 2. The predicted octanol–water partition coefficient (Wildman–Crippen LogP) is 5.38. The average Bonchev–Trinajstić information content (AvgIpc) is 3.58. The van der Waals surface area contributed by atoms with Crippen LogP contribution in [0.1, 0.15) is 80.6 Å². The summed E-state index contributed by atoms with van der Waals surface area (Å²) in [6, 6.07) is 9.40. The molecule has 1 aromatic carbocycles. The van der Waals surface area contributed by atoms with Crippen LogP contribution in [-0.4, -0.2) is 53.3 Å². The minimum Gasteiger partial charge on any atom is -0.365 e. The lowest BCUT2D eigenvalue weighted by atomic mass is 9.86. The van der Waals surface area contributed by atoms with Crippen molar-refractivity contribution in [2.75, 3.05) is 31.1 Å². The van der Waals surface area contributed by atoms with Crippen LogP contribution >= 0.6 is 0 Å². The van der Waals surface area contributed by atoms with Crippen LogP contribution in [0, 0.1) is 5.92 Å². The molecule has 7 rings (SSSR count). The molecule has 4 unspecified atom stereocenters. The Morgan fingerprint density at radius 3 is 2.81 bits per heavy atom. The summed E-state index contributed by atoms with van der Waals surface area (Å²) in [6.07, 6.45) is 9.31. The number of hydrogen-bond acceptors (Lipinski definition) is 5. The van der Waals surface area contributed by atoms with Gasteiger partial charge in [-0.2, -0.15) is 0 Å². The van der Waals surface area contributed by atoms with Crippen molar-refractivity contribution in [1.82, 2.24) is 14.9 Å². The molecule has 0 amide bonds. The van der Waals surface area contributed by atoms with Crippen molar-refractivity contribution in [1.29, 1.82) is 0 Å². The molecule has 36 heavy (non-hydrogen) atoms. The highest BCUT2D eigenvalue weighted by Crippen LogP contribution is 2.46. The monoisotopic (exact) mass is 492 g/mol. The highest BCUT2D eigenvalue weighted by Gasteiger charge is 2.44. The normalized spacial score (nSPS) is 31.1. The van der Waals surface area contributed by atoms with Gasteiger partial charge in [0.25, 0.3) is 0 Å². The number of benzene rings is 1. The number of anilines is 1. The van der Waals surface area contributed by atoms with Gasteiger partial charge in [-0.05, 0) is 68.5 Å². The van der Waals surface area contributed by atoms with E-state index in [1.807, 2.05) is 0 Å². The first-order valence-corrected chi connectivity index (χ1v) is 14.3. The first-order valence-electron chi connectivity index (χ1n) is 14.3. The standard InChI is InChI=1S/C23H29N3O.C7H12FN/c1-3-21-24-20-13-23(11-10-17-8-4-5-9-19(17)23)27-15-18(20)22(25-21)26-12-6-7-16(2)14-26;8-6-4-7-2-1-3-9(7)5-6/h4-5,8-9,16H,3,6-7,10-15H2,1-2H3;6-7H,1-5H2. The summed E-state index contributed by atoms with van der Waals surface area (Å²) in [7, 11) is 0. The second-order valence-corrected chi connectivity index (χ2v) is 11.7. The van der Waals surface area contributed by atoms with Crippen LogP contribution in [0.4, 0.5) is 10.2 Å². The Hall–Kier alpha value is -2.05. The van der Waals surface area contributed by atoms with E-state index in [2.05, 4.69) is 47.9 Å². The maximum absolute atomic E-state index is 12.6. The molecule has 0 bridgehead atoms. The van der Waals surface area contributed by atoms with Gasteiger partial charge in [-0.25, -0.2) is 14.4 Å². The number of hydrogen-bond donors (Lipinski definition) is 0. The van der Waals surface area contributed by atoms with Crippen molar-refractivity contribution in [2.45, 2.75) is 96.1 Å². The maximum atomic E-state index is 12.6. The Morgan fingerprint density at radius 2 is 1.97 bits per heavy atom. The van der Waals surface area contributed by atoms with Crippen molar-refractivity contribution in [3.8, 4) is 0 Å². The van der Waals surface area contributed by atoms with Gasteiger partial charge < -0.3 is 9.64 Å². The van der Waals surface area contributed by atoms with E-state index in [4.69, 9.17) is 14.7 Å². The molecule has 1 aromatic heterocycles. The highest BCUT2D eigenvalue weighted by atomic mass is 19.1. The number of fused-ring (bicyclic) bond motifs is 4. The molecule has 0 N–H and O–H groups in total. The van der Waals surface area contributed by atoms with E-state index in [1.165, 1.54) is 48.1 Å². The number of halogens is 1. The Balaban J connectivity index is 0.000000223. The SMILES string of the molecule is CCc1nc2c(c(N3CCCC(C)C3)n1)COC1(CCc3ccccc31)C2.FC1CC2CCCN2C1. The van der Waals surface area contributed by atoms with Gasteiger partial charge in [0.2, 0.25) is 0 Å². The Kier molecular flexibility index (Phi) is 6.76. The third kappa shape index (κ3) is 4.56. The fraction of sp³-hybridized carbons (Fsp3) is 0.667. The number of aryl methyl sites for hydroxylation is 2. The molecular weight excluding hydrogens is 451 g/mol. The summed E-state index contributed by atoms with van der Waals surface area (Å²) >= 11 is 0. The summed E-state index contributed by atoms with van der Waals surface area (Å²) < 4.78 is 19.2. The number of alkyl halides is 1. The summed E-state index contributed by atoms with van der Waals surface area (Å²) in [4.78, 5) is 14.7. The lowest BCUT2D eigenvalue weighted by Crippen LogP contribution is -2.39. The van der Waals surface area contributed by atoms with E-state index < -0.39 is 6.17 Å². The molecule has 3 fully saturated rings. The molecule has 194 valence electrons. The maximum Gasteiger partial charge on any atom is 0.138 e. The predicted molar refractivity (Wildman–Crippen MR) is 141 cm³/mol. The van der Waals surface area contributed by atoms with Gasteiger partial charge in [0.05, 0.1) is 17.9 Å². The molecule has 4 atom stereocenters. The van der Waals surface area contributed by atoms with E-state index in [1.54, 1.807) is 0 Å². The third-order valence-corrected chi connectivity index (χ3v) is 9.10. The minimum absolute atomic E-state index is 0.185. The second kappa shape index (κ2) is 10.0. The zero-order chi connectivity index (χ0) is 24.7. The topological polar surface area (TPSA) is 41.5 Å². The number of aromatic nitrogens is 2. The molecule has 1 spiro atoms. The van der Waals surface area contributed by atoms with Gasteiger partial charge in [-0.1, -0.05) is 38.1 Å². The first-order chi connectivity index (χ1) is 17.5. The zero-order valence-corrected chi connectivity index (χ0v) is 22.0. The van der Waals surface area contributed by atoms with Crippen molar-refractivity contribution in [2.24, 2.45) is 5.92 Å². The molecule has 0 radical (unpaired) electrons. The van der Waals surface area contributed by atoms with Gasteiger partial charge in [0.15, 0.2) is 0 Å². The van der Waals surface area contributed by atoms with Crippen LogP contribution in [0.15, 0.2) is 24.3 Å². The Bertz CT molecular complexity index is 1080. The van der Waals surface area contributed by atoms with Crippen molar-refractivity contribution in [3.05, 3.63) is 52.5 Å². The number of nitrogens with zero attached hydrogens (tertiary/aromatic N) is 4. The van der Waals surface area contributed by atoms with Gasteiger partial charge in [0.1, 0.15) is 17.8 Å². The molecule has 3 saturated heterocycles. The minimum atomic E-state index is -0.518. The Labute approximate surface area is 215 Å². The van der Waals surface area contributed by atoms with Crippen LogP contribution in [0.3, 0.4) is 0 Å². The quantitative estimate of drug-likeness (QED) is 0.563. The van der Waals surface area contributed by atoms with Crippen molar-refractivity contribution >= 4 is 5.82 Å². The van der Waals surface area contributed by atoms with E-state index in [-0.39, 0.29) is 5.60 Å². The van der Waals surface area contributed by atoms with Crippen molar-refractivity contribution in [3.63, 3.8) is 0 Å². The molecular formula is C30H41FN4O. The van der Waals surface area contributed by atoms with Gasteiger partial charge >= 0.3 is 0 Å². The van der Waals surface area contributed by atoms with Gasteiger partial charge in [-0.15, -0.1) is 0 Å². The fourth-order valence-electron chi connectivity index (χ4n) is 7.21. The van der Waals surface area contributed by atoms with Crippen LogP contribution in [-0.2, 0) is 36.2 Å². The molecule has 4 aliphatic heterocycles. The zero-order valence-electron chi connectivity index (χ0n) is 22.0. The Morgan fingerprint density at radius 1 is 1.11 bits per heavy atom. The van der Waals surface area contributed by atoms with Crippen LogP contribution in [0.2, 0.25) is 0 Å². The summed E-state index contributed by atoms with van der Waals surface area (Å²) in [5, 5.41) is 0. The average molecular weight is 493 g/mol. The first kappa shape index (κ1) is 24.3. The van der Waals surface area contributed by atoms with E-state index in [0.29, 0.717) is 19.2 Å². The molecule has 2 aromatic rings. The third-order valence-electron chi connectivity index (χ3n) is 9.10.